The highest BCUT2D eigenvalue weighted by Crippen LogP contribution is 2.14. The molecular formula is C11H10NO. The van der Waals surface area contributed by atoms with E-state index in [1.165, 1.54) is 0 Å². The third-order valence-corrected chi connectivity index (χ3v) is 1.79. The maximum atomic E-state index is 5.25. The van der Waals surface area contributed by atoms with Gasteiger partial charge >= 0.3 is 0 Å². The van der Waals surface area contributed by atoms with Crippen LogP contribution in [0.4, 0.5) is 0 Å². The van der Waals surface area contributed by atoms with E-state index in [-0.39, 0.29) is 0 Å². The van der Waals surface area contributed by atoms with Gasteiger partial charge in [0, 0.05) is 5.39 Å². The molecule has 0 saturated carbocycles. The monoisotopic (exact) mass is 172 g/mol. The summed E-state index contributed by atoms with van der Waals surface area (Å²) in [7, 11) is 0. The fourth-order valence-corrected chi connectivity index (χ4v) is 1.20. The van der Waals surface area contributed by atoms with Crippen LogP contribution in [0, 0.1) is 6.07 Å². The first-order valence-electron chi connectivity index (χ1n) is 4.30. The molecule has 2 aromatic rings. The Bertz CT molecular complexity index is 412. The largest absolute Gasteiger partial charge is 0.478 e. The molecule has 0 fully saturated rings. The standard InChI is InChI=1S/C11H10NO/c1-2-13-11-8-7-9-5-3-4-6-10(9)12-11/h3-7H,2H2,1H3. The number of fused-ring (bicyclic) bond motifs is 1. The van der Waals surface area contributed by atoms with Crippen molar-refractivity contribution < 1.29 is 4.74 Å². The Balaban J connectivity index is 2.49. The topological polar surface area (TPSA) is 22.1 Å². The van der Waals surface area contributed by atoms with Crippen LogP contribution < -0.4 is 4.74 Å². The molecule has 0 spiro atoms. The lowest BCUT2D eigenvalue weighted by molar-refractivity contribution is 0.327. The van der Waals surface area contributed by atoms with E-state index < -0.39 is 0 Å². The maximum Gasteiger partial charge on any atom is 0.222 e. The Morgan fingerprint density at radius 2 is 2.23 bits per heavy atom. The zero-order valence-corrected chi connectivity index (χ0v) is 7.45. The smallest absolute Gasteiger partial charge is 0.222 e. The molecule has 1 heterocycles. The summed E-state index contributed by atoms with van der Waals surface area (Å²) < 4.78 is 5.25. The van der Waals surface area contributed by atoms with Crippen molar-refractivity contribution in [2.45, 2.75) is 6.92 Å². The van der Waals surface area contributed by atoms with Gasteiger partial charge in [-0.1, -0.05) is 18.2 Å². The van der Waals surface area contributed by atoms with E-state index >= 15 is 0 Å². The van der Waals surface area contributed by atoms with Gasteiger partial charge in [0.2, 0.25) is 5.88 Å². The van der Waals surface area contributed by atoms with Crippen LogP contribution in [0.5, 0.6) is 5.88 Å². The molecule has 0 bridgehead atoms. The molecule has 0 aliphatic carbocycles. The molecule has 2 nitrogen and oxygen atoms in total. The molecule has 0 amide bonds. The lowest BCUT2D eigenvalue weighted by atomic mass is 10.2. The van der Waals surface area contributed by atoms with Crippen molar-refractivity contribution in [2.75, 3.05) is 6.61 Å². The molecule has 0 aliphatic heterocycles. The Kier molecular flexibility index (Phi) is 2.13. The number of ether oxygens (including phenoxy) is 1. The van der Waals surface area contributed by atoms with Gasteiger partial charge in [0.15, 0.2) is 0 Å². The summed E-state index contributed by atoms with van der Waals surface area (Å²) in [6.07, 6.45) is 0. The molecule has 2 heteroatoms. The van der Waals surface area contributed by atoms with E-state index in [0.29, 0.717) is 12.5 Å². The summed E-state index contributed by atoms with van der Waals surface area (Å²) in [6.45, 7) is 2.56. The first-order valence-corrected chi connectivity index (χ1v) is 4.30. The van der Waals surface area contributed by atoms with Crippen LogP contribution in [0.25, 0.3) is 10.9 Å². The molecule has 0 atom stereocenters. The summed E-state index contributed by atoms with van der Waals surface area (Å²) in [5.41, 5.74) is 0.949. The van der Waals surface area contributed by atoms with Crippen LogP contribution in [0.3, 0.4) is 0 Å². The summed E-state index contributed by atoms with van der Waals surface area (Å²) in [5.74, 6) is 0.571. The first-order chi connectivity index (χ1) is 6.40. The minimum Gasteiger partial charge on any atom is -0.478 e. The number of pyridine rings is 1. The van der Waals surface area contributed by atoms with Gasteiger partial charge in [0.25, 0.3) is 0 Å². The fraction of sp³-hybridized carbons (Fsp3) is 0.182. The molecule has 2 rings (SSSR count). The molecule has 0 aliphatic rings. The highest BCUT2D eigenvalue weighted by atomic mass is 16.5. The number of benzene rings is 1. The van der Waals surface area contributed by atoms with Gasteiger partial charge in [-0.25, -0.2) is 4.98 Å². The molecule has 13 heavy (non-hydrogen) atoms. The molecule has 1 aromatic heterocycles. The average Bonchev–Trinajstić information content (AvgIpc) is 2.18. The summed E-state index contributed by atoms with van der Waals surface area (Å²) in [4.78, 5) is 4.29. The number of para-hydroxylation sites is 1. The fourth-order valence-electron chi connectivity index (χ4n) is 1.20. The summed E-state index contributed by atoms with van der Waals surface area (Å²) in [5, 5.41) is 1.09. The predicted molar refractivity (Wildman–Crippen MR) is 51.7 cm³/mol. The minimum absolute atomic E-state index is 0.571. The second-order valence-electron chi connectivity index (χ2n) is 2.70. The third-order valence-electron chi connectivity index (χ3n) is 1.79. The minimum atomic E-state index is 0.571. The van der Waals surface area contributed by atoms with Crippen molar-refractivity contribution in [1.82, 2.24) is 4.98 Å². The summed E-state index contributed by atoms with van der Waals surface area (Å²) in [6, 6.07) is 12.8. The van der Waals surface area contributed by atoms with E-state index in [0.717, 1.165) is 10.9 Å². The molecule has 0 unspecified atom stereocenters. The number of hydrogen-bond acceptors (Lipinski definition) is 2. The predicted octanol–water partition coefficient (Wildman–Crippen LogP) is 2.43. The zero-order chi connectivity index (χ0) is 9.10. The Morgan fingerprint density at radius 3 is 3.08 bits per heavy atom. The van der Waals surface area contributed by atoms with Crippen LogP contribution in [0.2, 0.25) is 0 Å². The highest BCUT2D eigenvalue weighted by molar-refractivity contribution is 5.78. The van der Waals surface area contributed by atoms with Gasteiger partial charge in [0.1, 0.15) is 0 Å². The summed E-state index contributed by atoms with van der Waals surface area (Å²) >= 11 is 0. The number of nitrogens with zero attached hydrogens (tertiary/aromatic N) is 1. The lowest BCUT2D eigenvalue weighted by Crippen LogP contribution is -1.94. The Labute approximate surface area is 77.2 Å². The Morgan fingerprint density at radius 1 is 1.38 bits per heavy atom. The molecule has 0 saturated heterocycles. The highest BCUT2D eigenvalue weighted by Gasteiger charge is 1.96. The second-order valence-corrected chi connectivity index (χ2v) is 2.70. The normalized spacial score (nSPS) is 10.2. The van der Waals surface area contributed by atoms with Gasteiger partial charge < -0.3 is 4.74 Å². The average molecular weight is 172 g/mol. The second kappa shape index (κ2) is 3.44. The number of hydrogen-bond donors (Lipinski definition) is 0. The molecule has 0 N–H and O–H groups in total. The number of rotatable bonds is 2. The van der Waals surface area contributed by atoms with E-state index in [1.807, 2.05) is 37.3 Å². The molecule has 1 aromatic carbocycles. The van der Waals surface area contributed by atoms with Gasteiger partial charge in [0.05, 0.1) is 18.2 Å². The van der Waals surface area contributed by atoms with Crippen molar-refractivity contribution in [1.29, 1.82) is 0 Å². The van der Waals surface area contributed by atoms with E-state index in [4.69, 9.17) is 4.74 Å². The van der Waals surface area contributed by atoms with Crippen molar-refractivity contribution in [3.05, 3.63) is 36.4 Å². The van der Waals surface area contributed by atoms with E-state index in [9.17, 15) is 0 Å². The van der Waals surface area contributed by atoms with Crippen LogP contribution in [-0.4, -0.2) is 11.6 Å². The lowest BCUT2D eigenvalue weighted by Gasteiger charge is -2.01. The van der Waals surface area contributed by atoms with Crippen molar-refractivity contribution in [3.8, 4) is 5.88 Å². The van der Waals surface area contributed by atoms with Crippen molar-refractivity contribution in [3.63, 3.8) is 0 Å². The SMILES string of the molecule is CCOc1[c]cc2ccccc2n1. The molecular weight excluding hydrogens is 162 g/mol. The number of aromatic nitrogens is 1. The van der Waals surface area contributed by atoms with Crippen molar-refractivity contribution in [2.24, 2.45) is 0 Å². The van der Waals surface area contributed by atoms with Crippen LogP contribution in [-0.2, 0) is 0 Å². The van der Waals surface area contributed by atoms with Gasteiger partial charge in [-0.05, 0) is 19.1 Å². The van der Waals surface area contributed by atoms with Gasteiger partial charge in [-0.3, -0.25) is 0 Å². The first kappa shape index (κ1) is 8.05. The molecule has 1 radical (unpaired) electrons. The quantitative estimate of drug-likeness (QED) is 0.694. The van der Waals surface area contributed by atoms with E-state index in [2.05, 4.69) is 11.1 Å². The van der Waals surface area contributed by atoms with E-state index in [1.54, 1.807) is 0 Å². The Hall–Kier alpha value is -1.57. The molecule has 65 valence electrons. The van der Waals surface area contributed by atoms with Crippen LogP contribution >= 0.6 is 0 Å². The van der Waals surface area contributed by atoms with Gasteiger partial charge in [-0.2, -0.15) is 0 Å². The van der Waals surface area contributed by atoms with Crippen molar-refractivity contribution >= 4 is 10.9 Å². The zero-order valence-electron chi connectivity index (χ0n) is 7.45. The third kappa shape index (κ3) is 1.61. The van der Waals surface area contributed by atoms with Crippen LogP contribution in [0.1, 0.15) is 6.92 Å². The van der Waals surface area contributed by atoms with Gasteiger partial charge in [-0.15, -0.1) is 0 Å². The maximum absolute atomic E-state index is 5.25. The van der Waals surface area contributed by atoms with Crippen LogP contribution in [0.15, 0.2) is 30.3 Å².